The molecule has 0 amide bonds. The molecule has 28 heavy (non-hydrogen) atoms. The van der Waals surface area contributed by atoms with Gasteiger partial charge in [0.25, 0.3) is 0 Å². The van der Waals surface area contributed by atoms with Gasteiger partial charge in [0.15, 0.2) is 16.3 Å². The SMILES string of the molecule is COc1cc2c(cc1OC)Cn1c(c(OC(C)=O)n(-c3ccccc3)c1=S)C2. The molecular formula is C21H20N2O4S. The molecule has 0 N–H and O–H groups in total. The second-order valence-corrected chi connectivity index (χ2v) is 6.90. The molecule has 7 heteroatoms. The van der Waals surface area contributed by atoms with Crippen LogP contribution >= 0.6 is 12.2 Å². The lowest BCUT2D eigenvalue weighted by Crippen LogP contribution is -2.15. The van der Waals surface area contributed by atoms with E-state index in [1.54, 1.807) is 14.2 Å². The molecule has 0 aliphatic carbocycles. The Labute approximate surface area is 167 Å². The van der Waals surface area contributed by atoms with Gasteiger partial charge in [0.2, 0.25) is 5.88 Å². The standard InChI is InChI=1S/C21H20N2O4S/c1-13(24)27-20-17-9-14-10-18(25-2)19(26-3)11-15(14)12-22(17)21(28)23(20)16-7-5-4-6-8-16/h4-8,10-11H,9,12H2,1-3H3. The number of fused-ring (bicyclic) bond motifs is 2. The molecule has 0 saturated heterocycles. The highest BCUT2D eigenvalue weighted by molar-refractivity contribution is 7.71. The van der Waals surface area contributed by atoms with E-state index in [0.717, 1.165) is 22.5 Å². The number of benzene rings is 2. The van der Waals surface area contributed by atoms with Crippen molar-refractivity contribution in [2.45, 2.75) is 19.9 Å². The number of methoxy groups -OCH3 is 2. The number of para-hydroxylation sites is 1. The first-order valence-electron chi connectivity index (χ1n) is 8.85. The average Bonchev–Trinajstić information content (AvgIpc) is 2.96. The highest BCUT2D eigenvalue weighted by Gasteiger charge is 2.27. The molecule has 1 aliphatic rings. The first-order chi connectivity index (χ1) is 13.5. The Morgan fingerprint density at radius 1 is 1.04 bits per heavy atom. The van der Waals surface area contributed by atoms with Crippen molar-refractivity contribution in [1.82, 2.24) is 9.13 Å². The summed E-state index contributed by atoms with van der Waals surface area (Å²) in [7, 11) is 3.24. The van der Waals surface area contributed by atoms with Crippen molar-refractivity contribution >= 4 is 18.2 Å². The fourth-order valence-corrected chi connectivity index (χ4v) is 3.94. The quantitative estimate of drug-likeness (QED) is 0.387. The van der Waals surface area contributed by atoms with E-state index in [0.29, 0.717) is 35.1 Å². The van der Waals surface area contributed by atoms with E-state index in [4.69, 9.17) is 26.4 Å². The highest BCUT2D eigenvalue weighted by Crippen LogP contribution is 2.38. The number of imidazole rings is 1. The van der Waals surface area contributed by atoms with Gasteiger partial charge in [-0.25, -0.2) is 0 Å². The molecule has 0 spiro atoms. The van der Waals surface area contributed by atoms with Crippen molar-refractivity contribution in [3.8, 4) is 23.1 Å². The van der Waals surface area contributed by atoms with Gasteiger partial charge < -0.3 is 18.8 Å². The molecule has 0 saturated carbocycles. The van der Waals surface area contributed by atoms with E-state index < -0.39 is 0 Å². The summed E-state index contributed by atoms with van der Waals surface area (Å²) in [6.07, 6.45) is 0.571. The van der Waals surface area contributed by atoms with Crippen LogP contribution in [0.15, 0.2) is 42.5 Å². The van der Waals surface area contributed by atoms with Crippen LogP contribution < -0.4 is 14.2 Å². The number of hydrogen-bond donors (Lipinski definition) is 0. The smallest absolute Gasteiger partial charge is 0.309 e. The summed E-state index contributed by atoms with van der Waals surface area (Å²) in [4.78, 5) is 11.8. The maximum Gasteiger partial charge on any atom is 0.309 e. The molecule has 1 aliphatic heterocycles. The molecule has 144 valence electrons. The lowest BCUT2D eigenvalue weighted by Gasteiger charge is -2.21. The van der Waals surface area contributed by atoms with Crippen molar-refractivity contribution in [1.29, 1.82) is 0 Å². The zero-order valence-electron chi connectivity index (χ0n) is 15.9. The Balaban J connectivity index is 1.91. The molecule has 0 fully saturated rings. The zero-order chi connectivity index (χ0) is 19.8. The summed E-state index contributed by atoms with van der Waals surface area (Å²) >= 11 is 5.75. The predicted octanol–water partition coefficient (Wildman–Crippen LogP) is 3.90. The molecular weight excluding hydrogens is 376 g/mol. The Kier molecular flexibility index (Phi) is 4.68. The summed E-state index contributed by atoms with van der Waals surface area (Å²) in [6.45, 7) is 1.96. The molecule has 2 aromatic carbocycles. The third-order valence-electron chi connectivity index (χ3n) is 4.84. The maximum atomic E-state index is 11.8. The molecule has 2 heterocycles. The second kappa shape index (κ2) is 7.16. The maximum absolute atomic E-state index is 11.8. The number of esters is 1. The number of aromatic nitrogens is 2. The first kappa shape index (κ1) is 18.3. The molecule has 0 unspecified atom stereocenters. The molecule has 3 aromatic rings. The molecule has 4 rings (SSSR count). The van der Waals surface area contributed by atoms with E-state index in [1.807, 2.05) is 51.6 Å². The van der Waals surface area contributed by atoms with Crippen LogP contribution in [0.2, 0.25) is 0 Å². The third-order valence-corrected chi connectivity index (χ3v) is 5.25. The molecule has 1 aromatic heterocycles. The minimum Gasteiger partial charge on any atom is -0.493 e. The number of hydrogen-bond acceptors (Lipinski definition) is 5. The van der Waals surface area contributed by atoms with E-state index in [2.05, 4.69) is 0 Å². The first-order valence-corrected chi connectivity index (χ1v) is 9.26. The fraction of sp³-hybridized carbons (Fsp3) is 0.238. The van der Waals surface area contributed by atoms with Crippen LogP contribution in [-0.4, -0.2) is 29.3 Å². The largest absolute Gasteiger partial charge is 0.493 e. The van der Waals surface area contributed by atoms with E-state index in [1.165, 1.54) is 6.92 Å². The third kappa shape index (κ3) is 2.97. The normalized spacial score (nSPS) is 12.1. The van der Waals surface area contributed by atoms with Gasteiger partial charge in [0, 0.05) is 13.3 Å². The van der Waals surface area contributed by atoms with E-state index in [9.17, 15) is 4.79 Å². The number of rotatable bonds is 4. The Hall–Kier alpha value is -3.06. The van der Waals surface area contributed by atoms with Crippen molar-refractivity contribution < 1.29 is 19.0 Å². The van der Waals surface area contributed by atoms with Crippen molar-refractivity contribution in [2.24, 2.45) is 0 Å². The van der Waals surface area contributed by atoms with Crippen LogP contribution in [0.3, 0.4) is 0 Å². The van der Waals surface area contributed by atoms with Gasteiger partial charge in [-0.05, 0) is 47.6 Å². The lowest BCUT2D eigenvalue weighted by atomic mass is 9.98. The van der Waals surface area contributed by atoms with Crippen LogP contribution in [0, 0.1) is 4.77 Å². The minimum atomic E-state index is -0.383. The number of carbonyl (C=O) groups excluding carboxylic acids is 1. The van der Waals surface area contributed by atoms with Crippen molar-refractivity contribution in [2.75, 3.05) is 14.2 Å². The number of nitrogens with zero attached hydrogens (tertiary/aromatic N) is 2. The van der Waals surface area contributed by atoms with Crippen LogP contribution in [0.1, 0.15) is 23.7 Å². The van der Waals surface area contributed by atoms with Gasteiger partial charge in [-0.2, -0.15) is 0 Å². The van der Waals surface area contributed by atoms with Crippen LogP contribution in [0.5, 0.6) is 17.4 Å². The van der Waals surface area contributed by atoms with Gasteiger partial charge in [0.1, 0.15) is 0 Å². The van der Waals surface area contributed by atoms with Crippen LogP contribution in [0.4, 0.5) is 0 Å². The Bertz CT molecular complexity index is 1120. The second-order valence-electron chi connectivity index (χ2n) is 6.54. The number of carbonyl (C=O) groups is 1. The molecule has 6 nitrogen and oxygen atoms in total. The summed E-state index contributed by atoms with van der Waals surface area (Å²) in [5, 5.41) is 0. The summed E-state index contributed by atoms with van der Waals surface area (Å²) in [6, 6.07) is 13.6. The monoisotopic (exact) mass is 396 g/mol. The average molecular weight is 396 g/mol. The summed E-state index contributed by atoms with van der Waals surface area (Å²) < 4.78 is 20.9. The molecule has 0 radical (unpaired) electrons. The number of ether oxygens (including phenoxy) is 3. The van der Waals surface area contributed by atoms with E-state index in [-0.39, 0.29) is 5.97 Å². The summed E-state index contributed by atoms with van der Waals surface area (Å²) in [5.41, 5.74) is 3.90. The van der Waals surface area contributed by atoms with Gasteiger partial charge in [-0.1, -0.05) is 18.2 Å². The topological polar surface area (TPSA) is 54.6 Å². The van der Waals surface area contributed by atoms with Crippen molar-refractivity contribution in [3.63, 3.8) is 0 Å². The lowest BCUT2D eigenvalue weighted by molar-refractivity contribution is -0.132. The fourth-order valence-electron chi connectivity index (χ4n) is 3.57. The molecule has 0 bridgehead atoms. The van der Waals surface area contributed by atoms with Gasteiger partial charge in [0.05, 0.1) is 32.1 Å². The minimum absolute atomic E-state index is 0.383. The van der Waals surface area contributed by atoms with Crippen LogP contribution in [-0.2, 0) is 17.8 Å². The Morgan fingerprint density at radius 3 is 2.29 bits per heavy atom. The van der Waals surface area contributed by atoms with Gasteiger partial charge in [-0.15, -0.1) is 0 Å². The zero-order valence-corrected chi connectivity index (χ0v) is 16.7. The Morgan fingerprint density at radius 2 is 1.68 bits per heavy atom. The highest BCUT2D eigenvalue weighted by atomic mass is 32.1. The summed E-state index contributed by atoms with van der Waals surface area (Å²) in [5.74, 6) is 1.43. The van der Waals surface area contributed by atoms with Gasteiger partial charge >= 0.3 is 5.97 Å². The van der Waals surface area contributed by atoms with E-state index >= 15 is 0 Å². The molecule has 0 atom stereocenters. The van der Waals surface area contributed by atoms with Gasteiger partial charge in [-0.3, -0.25) is 9.36 Å². The van der Waals surface area contributed by atoms with Crippen LogP contribution in [0.25, 0.3) is 5.69 Å². The van der Waals surface area contributed by atoms with Crippen molar-refractivity contribution in [3.05, 3.63) is 64.1 Å². The predicted molar refractivity (Wildman–Crippen MR) is 107 cm³/mol.